The number of nitrogens with two attached hydrogens (primary N) is 2. The molecule has 0 amide bonds. The molecule has 0 spiro atoms. The van der Waals surface area contributed by atoms with Gasteiger partial charge >= 0.3 is 5.97 Å². The van der Waals surface area contributed by atoms with Crippen LogP contribution in [-0.4, -0.2) is 37.2 Å². The van der Waals surface area contributed by atoms with Gasteiger partial charge in [-0.25, -0.2) is 9.47 Å². The molecule has 0 aromatic carbocycles. The molecule has 17 heavy (non-hydrogen) atoms. The van der Waals surface area contributed by atoms with Gasteiger partial charge in [0.2, 0.25) is 0 Å². The first kappa shape index (κ1) is 10.9. The normalized spacial score (nSPS) is 10.4. The standard InChI is InChI=1S/C8H11N7O2/c1-2-17-7(16)5-3-12-15(6(5)9)8-13-11-4-14(8)10/h3-4H,2,9-10H2,1H3. The Morgan fingerprint density at radius 2 is 2.35 bits per heavy atom. The van der Waals surface area contributed by atoms with Crippen LogP contribution in [0.15, 0.2) is 12.5 Å². The van der Waals surface area contributed by atoms with E-state index >= 15 is 0 Å². The van der Waals surface area contributed by atoms with E-state index in [1.165, 1.54) is 17.2 Å². The second kappa shape index (κ2) is 4.12. The predicted molar refractivity (Wildman–Crippen MR) is 57.7 cm³/mol. The molecule has 0 bridgehead atoms. The molecule has 0 atom stereocenters. The summed E-state index contributed by atoms with van der Waals surface area (Å²) in [6.07, 6.45) is 2.59. The first-order valence-electron chi connectivity index (χ1n) is 4.81. The lowest BCUT2D eigenvalue weighted by Gasteiger charge is -2.03. The maximum atomic E-state index is 11.5. The number of ether oxygens (including phenoxy) is 1. The van der Waals surface area contributed by atoms with E-state index in [2.05, 4.69) is 15.3 Å². The van der Waals surface area contributed by atoms with Gasteiger partial charge in [0.15, 0.2) is 0 Å². The smallest absolute Gasteiger partial charge is 0.343 e. The SMILES string of the molecule is CCOC(=O)c1cnn(-c2nncn2N)c1N. The number of hydrogen-bond acceptors (Lipinski definition) is 7. The molecule has 2 rings (SSSR count). The number of rotatable bonds is 3. The summed E-state index contributed by atoms with van der Waals surface area (Å²) in [7, 11) is 0. The molecule has 2 aromatic heterocycles. The van der Waals surface area contributed by atoms with Crippen molar-refractivity contribution in [2.75, 3.05) is 18.2 Å². The van der Waals surface area contributed by atoms with Gasteiger partial charge in [-0.1, -0.05) is 0 Å². The Labute approximate surface area is 95.9 Å². The maximum Gasteiger partial charge on any atom is 0.343 e. The van der Waals surface area contributed by atoms with Crippen molar-refractivity contribution in [3.05, 3.63) is 18.1 Å². The summed E-state index contributed by atoms with van der Waals surface area (Å²) in [6, 6.07) is 0. The first-order chi connectivity index (χ1) is 8.15. The molecular weight excluding hydrogens is 226 g/mol. The molecule has 0 aliphatic carbocycles. The molecule has 0 fully saturated rings. The van der Waals surface area contributed by atoms with Crippen molar-refractivity contribution in [2.24, 2.45) is 0 Å². The van der Waals surface area contributed by atoms with Crippen LogP contribution in [0.3, 0.4) is 0 Å². The molecule has 0 aliphatic heterocycles. The molecular formula is C8H11N7O2. The highest BCUT2D eigenvalue weighted by molar-refractivity contribution is 5.94. The van der Waals surface area contributed by atoms with Crippen molar-refractivity contribution in [3.63, 3.8) is 0 Å². The summed E-state index contributed by atoms with van der Waals surface area (Å²) in [5.41, 5.74) is 5.92. The second-order valence-electron chi connectivity index (χ2n) is 3.11. The third-order valence-electron chi connectivity index (χ3n) is 2.05. The Kier molecular flexibility index (Phi) is 2.65. The molecule has 2 aromatic rings. The van der Waals surface area contributed by atoms with E-state index in [9.17, 15) is 4.79 Å². The summed E-state index contributed by atoms with van der Waals surface area (Å²) < 4.78 is 7.17. The Hall–Kier alpha value is -2.58. The zero-order chi connectivity index (χ0) is 12.4. The summed E-state index contributed by atoms with van der Waals surface area (Å²) in [6.45, 7) is 1.96. The lowest BCUT2D eigenvalue weighted by molar-refractivity contribution is 0.0527. The van der Waals surface area contributed by atoms with Crippen molar-refractivity contribution >= 4 is 11.8 Å². The fraction of sp³-hybridized carbons (Fsp3) is 0.250. The molecule has 2 heterocycles. The van der Waals surface area contributed by atoms with E-state index in [0.717, 1.165) is 4.68 Å². The number of nitrogen functional groups attached to an aromatic ring is 2. The van der Waals surface area contributed by atoms with Crippen LogP contribution in [0, 0.1) is 0 Å². The fourth-order valence-corrected chi connectivity index (χ4v) is 1.27. The monoisotopic (exact) mass is 237 g/mol. The number of carbonyl (C=O) groups excluding carboxylic acids is 1. The second-order valence-corrected chi connectivity index (χ2v) is 3.11. The van der Waals surface area contributed by atoms with Gasteiger partial charge in [-0.15, -0.1) is 10.2 Å². The third-order valence-corrected chi connectivity index (χ3v) is 2.05. The van der Waals surface area contributed by atoms with Gasteiger partial charge in [0.25, 0.3) is 5.95 Å². The lowest BCUT2D eigenvalue weighted by atomic mass is 10.3. The van der Waals surface area contributed by atoms with Crippen molar-refractivity contribution in [3.8, 4) is 5.95 Å². The highest BCUT2D eigenvalue weighted by atomic mass is 16.5. The van der Waals surface area contributed by atoms with Crippen LogP contribution < -0.4 is 11.6 Å². The van der Waals surface area contributed by atoms with Crippen molar-refractivity contribution in [2.45, 2.75) is 6.92 Å². The first-order valence-corrected chi connectivity index (χ1v) is 4.81. The lowest BCUT2D eigenvalue weighted by Crippen LogP contribution is -2.16. The zero-order valence-corrected chi connectivity index (χ0v) is 9.07. The Morgan fingerprint density at radius 3 is 2.94 bits per heavy atom. The van der Waals surface area contributed by atoms with E-state index in [-0.39, 0.29) is 23.9 Å². The minimum absolute atomic E-state index is 0.100. The molecule has 9 heteroatoms. The van der Waals surface area contributed by atoms with Gasteiger partial charge < -0.3 is 16.3 Å². The maximum absolute atomic E-state index is 11.5. The number of carbonyl (C=O) groups is 1. The molecule has 4 N–H and O–H groups in total. The van der Waals surface area contributed by atoms with E-state index in [0.29, 0.717) is 0 Å². The van der Waals surface area contributed by atoms with Gasteiger partial charge in [-0.05, 0) is 6.92 Å². The predicted octanol–water partition coefficient (Wildman–Crippen LogP) is -1.06. The highest BCUT2D eigenvalue weighted by Gasteiger charge is 2.19. The van der Waals surface area contributed by atoms with Crippen molar-refractivity contribution < 1.29 is 9.53 Å². The van der Waals surface area contributed by atoms with Crippen LogP contribution in [-0.2, 0) is 4.74 Å². The van der Waals surface area contributed by atoms with E-state index in [1.807, 2.05) is 0 Å². The fourth-order valence-electron chi connectivity index (χ4n) is 1.27. The zero-order valence-electron chi connectivity index (χ0n) is 9.07. The number of aromatic nitrogens is 5. The molecule has 0 saturated carbocycles. The van der Waals surface area contributed by atoms with E-state index < -0.39 is 5.97 Å². The van der Waals surface area contributed by atoms with E-state index in [1.54, 1.807) is 6.92 Å². The molecule has 0 unspecified atom stereocenters. The highest BCUT2D eigenvalue weighted by Crippen LogP contribution is 2.15. The van der Waals surface area contributed by atoms with Gasteiger partial charge in [0, 0.05) is 0 Å². The molecule has 90 valence electrons. The van der Waals surface area contributed by atoms with Gasteiger partial charge in [-0.3, -0.25) is 0 Å². The number of anilines is 1. The quantitative estimate of drug-likeness (QED) is 0.514. The van der Waals surface area contributed by atoms with Crippen LogP contribution in [0.4, 0.5) is 5.82 Å². The largest absolute Gasteiger partial charge is 0.462 e. The Bertz CT molecular complexity index is 544. The van der Waals surface area contributed by atoms with Crippen molar-refractivity contribution in [1.29, 1.82) is 0 Å². The average molecular weight is 237 g/mol. The topological polar surface area (TPSA) is 127 Å². The van der Waals surface area contributed by atoms with Gasteiger partial charge in [-0.2, -0.15) is 9.78 Å². The number of nitrogens with zero attached hydrogens (tertiary/aromatic N) is 5. The average Bonchev–Trinajstić information content (AvgIpc) is 2.85. The number of hydrogen-bond donors (Lipinski definition) is 2. The molecule has 0 saturated heterocycles. The van der Waals surface area contributed by atoms with Crippen LogP contribution in [0.1, 0.15) is 17.3 Å². The van der Waals surface area contributed by atoms with Crippen molar-refractivity contribution in [1.82, 2.24) is 24.7 Å². The van der Waals surface area contributed by atoms with Crippen LogP contribution >= 0.6 is 0 Å². The summed E-state index contributed by atoms with van der Waals surface area (Å²) in [5.74, 6) is 5.31. The Balaban J connectivity index is 2.40. The van der Waals surface area contributed by atoms with Gasteiger partial charge in [0.1, 0.15) is 17.7 Å². The summed E-state index contributed by atoms with van der Waals surface area (Å²) >= 11 is 0. The molecule has 0 aliphatic rings. The molecule has 9 nitrogen and oxygen atoms in total. The van der Waals surface area contributed by atoms with Gasteiger partial charge in [0.05, 0.1) is 12.8 Å². The van der Waals surface area contributed by atoms with Crippen LogP contribution in [0.2, 0.25) is 0 Å². The van der Waals surface area contributed by atoms with E-state index in [4.69, 9.17) is 16.3 Å². The minimum Gasteiger partial charge on any atom is -0.462 e. The number of esters is 1. The summed E-state index contributed by atoms with van der Waals surface area (Å²) in [4.78, 5) is 11.5. The third kappa shape index (κ3) is 1.77. The Morgan fingerprint density at radius 1 is 1.59 bits per heavy atom. The molecule has 0 radical (unpaired) electrons. The minimum atomic E-state index is -0.542. The summed E-state index contributed by atoms with van der Waals surface area (Å²) in [5, 5.41) is 11.2. The van der Waals surface area contributed by atoms with Crippen LogP contribution in [0.25, 0.3) is 5.95 Å². The van der Waals surface area contributed by atoms with Crippen LogP contribution in [0.5, 0.6) is 0 Å².